The van der Waals surface area contributed by atoms with Gasteiger partial charge in [-0.1, -0.05) is 0 Å². The number of carbonyl (C=O) groups is 1. The van der Waals surface area contributed by atoms with E-state index in [2.05, 4.69) is 25.7 Å². The van der Waals surface area contributed by atoms with Crippen molar-refractivity contribution < 1.29 is 9.18 Å². The second-order valence-electron chi connectivity index (χ2n) is 6.66. The fourth-order valence-electron chi connectivity index (χ4n) is 3.48. The Morgan fingerprint density at radius 1 is 1.33 bits per heavy atom. The molecule has 1 atom stereocenters. The highest BCUT2D eigenvalue weighted by molar-refractivity contribution is 5.83. The standard InChI is InChI=1S/C19H21FN6O/c1-11-15(12(2)26(25-11)14-5-3-13(20)4-6-14)9-22-19(27)18-17-16(7-8-21-18)23-10-24-17/h3-6,10,18,21H,7-9H2,1-2H3,(H,22,27)(H,23,24)/t18-/m0/s1. The van der Waals surface area contributed by atoms with E-state index in [1.807, 2.05) is 13.8 Å². The smallest absolute Gasteiger partial charge is 0.243 e. The summed E-state index contributed by atoms with van der Waals surface area (Å²) >= 11 is 0. The molecule has 1 aliphatic heterocycles. The number of hydrogen-bond acceptors (Lipinski definition) is 4. The molecule has 0 saturated heterocycles. The van der Waals surface area contributed by atoms with Gasteiger partial charge in [0.25, 0.3) is 0 Å². The predicted molar refractivity (Wildman–Crippen MR) is 97.9 cm³/mol. The SMILES string of the molecule is Cc1nn(-c2ccc(F)cc2)c(C)c1CNC(=O)[C@H]1NCCc2[nH]cnc21. The number of fused-ring (bicyclic) bond motifs is 1. The number of carbonyl (C=O) groups excluding carboxylic acids is 1. The van der Waals surface area contributed by atoms with Crippen LogP contribution in [0.15, 0.2) is 30.6 Å². The Hall–Kier alpha value is -3.00. The molecular formula is C19H21FN6O. The van der Waals surface area contributed by atoms with Crippen LogP contribution in [0, 0.1) is 19.7 Å². The van der Waals surface area contributed by atoms with Gasteiger partial charge in [0.1, 0.15) is 11.9 Å². The molecule has 0 aliphatic carbocycles. The van der Waals surface area contributed by atoms with Crippen LogP contribution in [0.3, 0.4) is 0 Å². The molecule has 0 radical (unpaired) electrons. The van der Waals surface area contributed by atoms with Gasteiger partial charge in [-0.2, -0.15) is 5.10 Å². The van der Waals surface area contributed by atoms with Crippen LogP contribution in [-0.2, 0) is 17.8 Å². The second kappa shape index (κ2) is 6.96. The zero-order chi connectivity index (χ0) is 19.0. The summed E-state index contributed by atoms with van der Waals surface area (Å²) in [7, 11) is 0. The molecule has 3 heterocycles. The third-order valence-electron chi connectivity index (χ3n) is 4.96. The first-order valence-corrected chi connectivity index (χ1v) is 8.89. The Kier molecular flexibility index (Phi) is 4.49. The Morgan fingerprint density at radius 2 is 2.11 bits per heavy atom. The molecule has 0 saturated carbocycles. The fraction of sp³-hybridized carbons (Fsp3) is 0.316. The van der Waals surface area contributed by atoms with E-state index in [-0.39, 0.29) is 11.7 Å². The van der Waals surface area contributed by atoms with Crippen LogP contribution in [0.4, 0.5) is 4.39 Å². The second-order valence-corrected chi connectivity index (χ2v) is 6.66. The van der Waals surface area contributed by atoms with Crippen molar-refractivity contribution in [3.63, 3.8) is 0 Å². The maximum Gasteiger partial charge on any atom is 0.243 e. The summed E-state index contributed by atoms with van der Waals surface area (Å²) in [5.41, 5.74) is 5.24. The molecule has 4 rings (SSSR count). The lowest BCUT2D eigenvalue weighted by Crippen LogP contribution is -2.41. The maximum absolute atomic E-state index is 13.2. The molecule has 8 heteroatoms. The van der Waals surface area contributed by atoms with Crippen LogP contribution in [0.2, 0.25) is 0 Å². The highest BCUT2D eigenvalue weighted by atomic mass is 19.1. The number of benzene rings is 1. The number of amides is 1. The van der Waals surface area contributed by atoms with Crippen LogP contribution in [0.25, 0.3) is 5.69 Å². The molecule has 1 amide bonds. The van der Waals surface area contributed by atoms with Crippen molar-refractivity contribution in [3.05, 3.63) is 64.7 Å². The summed E-state index contributed by atoms with van der Waals surface area (Å²) in [5, 5.41) is 10.7. The summed E-state index contributed by atoms with van der Waals surface area (Å²) < 4.78 is 14.9. The van der Waals surface area contributed by atoms with Crippen molar-refractivity contribution in [1.29, 1.82) is 0 Å². The van der Waals surface area contributed by atoms with Crippen molar-refractivity contribution in [2.24, 2.45) is 0 Å². The molecule has 27 heavy (non-hydrogen) atoms. The largest absolute Gasteiger partial charge is 0.350 e. The fourth-order valence-corrected chi connectivity index (χ4v) is 3.48. The maximum atomic E-state index is 13.2. The summed E-state index contributed by atoms with van der Waals surface area (Å²) in [6, 6.07) is 5.73. The number of aryl methyl sites for hydroxylation is 1. The van der Waals surface area contributed by atoms with Crippen molar-refractivity contribution in [2.75, 3.05) is 6.54 Å². The molecule has 0 fully saturated rings. The number of rotatable bonds is 4. The number of halogens is 1. The molecule has 0 bridgehead atoms. The van der Waals surface area contributed by atoms with E-state index in [4.69, 9.17) is 0 Å². The Labute approximate surface area is 156 Å². The van der Waals surface area contributed by atoms with Gasteiger partial charge in [0.15, 0.2) is 0 Å². The third kappa shape index (κ3) is 3.23. The van der Waals surface area contributed by atoms with Gasteiger partial charge in [-0.05, 0) is 38.1 Å². The summed E-state index contributed by atoms with van der Waals surface area (Å²) in [6.45, 7) is 4.94. The quantitative estimate of drug-likeness (QED) is 0.656. The first kappa shape index (κ1) is 17.4. The van der Waals surface area contributed by atoms with Gasteiger partial charge in [0.05, 0.1) is 23.4 Å². The number of nitrogens with zero attached hydrogens (tertiary/aromatic N) is 3. The van der Waals surface area contributed by atoms with Crippen molar-refractivity contribution in [1.82, 2.24) is 30.4 Å². The monoisotopic (exact) mass is 368 g/mol. The minimum atomic E-state index is -0.451. The lowest BCUT2D eigenvalue weighted by atomic mass is 10.0. The van der Waals surface area contributed by atoms with E-state index < -0.39 is 6.04 Å². The molecule has 3 N–H and O–H groups in total. The van der Waals surface area contributed by atoms with Gasteiger partial charge < -0.3 is 15.6 Å². The van der Waals surface area contributed by atoms with E-state index >= 15 is 0 Å². The van der Waals surface area contributed by atoms with Gasteiger partial charge in [0, 0.05) is 36.5 Å². The highest BCUT2D eigenvalue weighted by Gasteiger charge is 2.28. The zero-order valence-electron chi connectivity index (χ0n) is 15.2. The minimum Gasteiger partial charge on any atom is -0.350 e. The summed E-state index contributed by atoms with van der Waals surface area (Å²) in [5.74, 6) is -0.401. The molecule has 1 aliphatic rings. The van der Waals surface area contributed by atoms with Crippen LogP contribution in [0.5, 0.6) is 0 Å². The highest BCUT2D eigenvalue weighted by Crippen LogP contribution is 2.21. The van der Waals surface area contributed by atoms with E-state index in [9.17, 15) is 9.18 Å². The van der Waals surface area contributed by atoms with E-state index in [1.54, 1.807) is 23.1 Å². The number of imidazole rings is 1. The van der Waals surface area contributed by atoms with Crippen LogP contribution < -0.4 is 10.6 Å². The molecule has 140 valence electrons. The summed E-state index contributed by atoms with van der Waals surface area (Å²) in [4.78, 5) is 20.0. The average molecular weight is 368 g/mol. The lowest BCUT2D eigenvalue weighted by Gasteiger charge is -2.22. The number of nitrogens with one attached hydrogen (secondary N) is 3. The number of aromatic amines is 1. The molecule has 7 nitrogen and oxygen atoms in total. The van der Waals surface area contributed by atoms with Crippen LogP contribution >= 0.6 is 0 Å². The average Bonchev–Trinajstić information content (AvgIpc) is 3.25. The van der Waals surface area contributed by atoms with Gasteiger partial charge in [-0.3, -0.25) is 4.79 Å². The Morgan fingerprint density at radius 3 is 2.89 bits per heavy atom. The first-order valence-electron chi connectivity index (χ1n) is 8.89. The first-order chi connectivity index (χ1) is 13.0. The summed E-state index contributed by atoms with van der Waals surface area (Å²) in [6.07, 6.45) is 2.46. The molecule has 1 aromatic carbocycles. The van der Waals surface area contributed by atoms with Crippen LogP contribution in [-0.4, -0.2) is 32.2 Å². The number of H-pyrrole nitrogens is 1. The normalized spacial score (nSPS) is 16.2. The molecule has 0 unspecified atom stereocenters. The topological polar surface area (TPSA) is 87.6 Å². The molecule has 3 aromatic rings. The van der Waals surface area contributed by atoms with Gasteiger partial charge in [-0.25, -0.2) is 14.1 Å². The molecule has 0 spiro atoms. The molecule has 2 aromatic heterocycles. The van der Waals surface area contributed by atoms with Gasteiger partial charge >= 0.3 is 0 Å². The van der Waals surface area contributed by atoms with E-state index in [1.165, 1.54) is 12.1 Å². The zero-order valence-corrected chi connectivity index (χ0v) is 15.2. The number of hydrogen-bond donors (Lipinski definition) is 3. The number of aromatic nitrogens is 4. The van der Waals surface area contributed by atoms with Crippen molar-refractivity contribution >= 4 is 5.91 Å². The molecular weight excluding hydrogens is 347 g/mol. The van der Waals surface area contributed by atoms with Crippen LogP contribution in [0.1, 0.15) is 34.4 Å². The van der Waals surface area contributed by atoms with Crippen molar-refractivity contribution in [3.8, 4) is 5.69 Å². The van der Waals surface area contributed by atoms with Gasteiger partial charge in [0.2, 0.25) is 5.91 Å². The van der Waals surface area contributed by atoms with Crippen molar-refractivity contribution in [2.45, 2.75) is 32.9 Å². The lowest BCUT2D eigenvalue weighted by molar-refractivity contribution is -0.123. The third-order valence-corrected chi connectivity index (χ3v) is 4.96. The van der Waals surface area contributed by atoms with Gasteiger partial charge in [-0.15, -0.1) is 0 Å². The van der Waals surface area contributed by atoms with E-state index in [0.29, 0.717) is 6.54 Å². The van der Waals surface area contributed by atoms with E-state index in [0.717, 1.165) is 47.0 Å². The minimum absolute atomic E-state index is 0.114. The Balaban J connectivity index is 1.51. The Bertz CT molecular complexity index is 975. The predicted octanol–water partition coefficient (Wildman–Crippen LogP) is 1.85.